The number of likely N-dealkylation sites (tertiary alicyclic amines) is 1. The summed E-state index contributed by atoms with van der Waals surface area (Å²) >= 11 is 3.04. The summed E-state index contributed by atoms with van der Waals surface area (Å²) in [5.41, 5.74) is 1.71. The van der Waals surface area contributed by atoms with Gasteiger partial charge < -0.3 is 10.0 Å². The summed E-state index contributed by atoms with van der Waals surface area (Å²) in [6.45, 7) is 2.30. The number of ketones is 1. The van der Waals surface area contributed by atoms with Crippen molar-refractivity contribution in [3.8, 4) is 0 Å². The zero-order valence-electron chi connectivity index (χ0n) is 16.7. The number of nitrogens with zero attached hydrogens (tertiary/aromatic N) is 1. The number of benzene rings is 2. The third-order valence-corrected chi connectivity index (χ3v) is 7.57. The molecule has 2 aromatic carbocycles. The van der Waals surface area contributed by atoms with Crippen LogP contribution in [0.3, 0.4) is 0 Å². The highest BCUT2D eigenvalue weighted by molar-refractivity contribution is 7.10. The van der Waals surface area contributed by atoms with Gasteiger partial charge in [0.25, 0.3) is 11.7 Å². The number of carbonyl (C=O) groups excluding carboxylic acids is 2. The van der Waals surface area contributed by atoms with Crippen LogP contribution in [-0.4, -0.2) is 21.7 Å². The fraction of sp³-hybridized carbons (Fsp3) is 0.120. The highest BCUT2D eigenvalue weighted by Gasteiger charge is 2.47. The summed E-state index contributed by atoms with van der Waals surface area (Å²) in [5.74, 6) is -1.34. The fourth-order valence-electron chi connectivity index (χ4n) is 4.13. The van der Waals surface area contributed by atoms with Crippen LogP contribution in [0.2, 0.25) is 0 Å². The molecule has 4 aromatic rings. The van der Waals surface area contributed by atoms with Crippen LogP contribution in [0.4, 0.5) is 0 Å². The molecule has 154 valence electrons. The van der Waals surface area contributed by atoms with Gasteiger partial charge in [0, 0.05) is 15.3 Å². The molecule has 1 saturated heterocycles. The summed E-state index contributed by atoms with van der Waals surface area (Å²) in [5, 5.41) is 17.1. The Morgan fingerprint density at radius 3 is 2.52 bits per heavy atom. The maximum atomic E-state index is 13.2. The van der Waals surface area contributed by atoms with Crippen LogP contribution < -0.4 is 0 Å². The molecular weight excluding hydrogens is 426 g/mol. The number of rotatable bonds is 4. The number of fused-ring (bicyclic) bond motifs is 1. The van der Waals surface area contributed by atoms with Crippen molar-refractivity contribution >= 4 is 50.9 Å². The second kappa shape index (κ2) is 7.80. The maximum absolute atomic E-state index is 13.2. The number of carbonyl (C=O) groups is 2. The molecule has 1 aliphatic heterocycles. The van der Waals surface area contributed by atoms with Crippen molar-refractivity contribution in [1.29, 1.82) is 0 Å². The number of aliphatic hydroxyl groups is 1. The normalized spacial score (nSPS) is 18.2. The molecule has 1 N–H and O–H groups in total. The van der Waals surface area contributed by atoms with Crippen LogP contribution in [0.15, 0.2) is 77.0 Å². The number of aliphatic hydroxyl groups excluding tert-OH is 1. The van der Waals surface area contributed by atoms with E-state index in [1.54, 1.807) is 22.3 Å². The highest BCUT2D eigenvalue weighted by Crippen LogP contribution is 2.44. The van der Waals surface area contributed by atoms with E-state index in [0.717, 1.165) is 26.1 Å². The van der Waals surface area contributed by atoms with Crippen LogP contribution in [0, 0.1) is 6.92 Å². The van der Waals surface area contributed by atoms with E-state index in [1.807, 2.05) is 72.3 Å². The third-order valence-electron chi connectivity index (χ3n) is 5.64. The van der Waals surface area contributed by atoms with Gasteiger partial charge in [0.05, 0.1) is 12.1 Å². The second-order valence-corrected chi connectivity index (χ2v) is 9.48. The van der Waals surface area contributed by atoms with Gasteiger partial charge in [-0.15, -0.1) is 22.7 Å². The Hall–Kier alpha value is -3.22. The number of hydrogen-bond acceptors (Lipinski definition) is 5. The molecule has 0 radical (unpaired) electrons. The van der Waals surface area contributed by atoms with Crippen LogP contribution in [0.25, 0.3) is 16.5 Å². The van der Waals surface area contributed by atoms with Crippen molar-refractivity contribution in [3.63, 3.8) is 0 Å². The molecule has 0 bridgehead atoms. The predicted octanol–water partition coefficient (Wildman–Crippen LogP) is 5.89. The summed E-state index contributed by atoms with van der Waals surface area (Å²) in [4.78, 5) is 29.8. The standard InChI is InChI=1S/C25H19NO3S2/c1-15-11-13-31-24(15)21-20(23(28)25(29)26(21)14-17-8-5-12-30-17)22(27)19-10-4-7-16-6-2-3-9-18(16)19/h2-13,21,27H,14H2,1H3/b22-20+. The minimum Gasteiger partial charge on any atom is -0.507 e. The molecule has 0 spiro atoms. The molecule has 3 heterocycles. The lowest BCUT2D eigenvalue weighted by molar-refractivity contribution is -0.140. The first kappa shape index (κ1) is 19.7. The van der Waals surface area contributed by atoms with Crippen molar-refractivity contribution in [2.24, 2.45) is 0 Å². The fourth-order valence-corrected chi connectivity index (χ4v) is 5.88. The number of aryl methyl sites for hydroxylation is 1. The Kier molecular flexibility index (Phi) is 4.96. The Bertz CT molecular complexity index is 1330. The number of Topliss-reactive ketones (excluding diaryl/α,β-unsaturated/α-hetero) is 1. The lowest BCUT2D eigenvalue weighted by atomic mass is 9.95. The summed E-state index contributed by atoms with van der Waals surface area (Å²) < 4.78 is 0. The lowest BCUT2D eigenvalue weighted by Crippen LogP contribution is -2.28. The molecule has 0 aliphatic carbocycles. The average Bonchev–Trinajstić information content (AvgIpc) is 3.50. The smallest absolute Gasteiger partial charge is 0.296 e. The minimum absolute atomic E-state index is 0.123. The molecule has 6 heteroatoms. The first-order valence-electron chi connectivity index (χ1n) is 9.89. The average molecular weight is 446 g/mol. The minimum atomic E-state index is -0.639. The van der Waals surface area contributed by atoms with Gasteiger partial charge in [-0.25, -0.2) is 0 Å². The van der Waals surface area contributed by atoms with Gasteiger partial charge >= 0.3 is 0 Å². The van der Waals surface area contributed by atoms with E-state index in [4.69, 9.17) is 0 Å². The van der Waals surface area contributed by atoms with Crippen molar-refractivity contribution in [2.75, 3.05) is 0 Å². The van der Waals surface area contributed by atoms with E-state index >= 15 is 0 Å². The second-order valence-electron chi connectivity index (χ2n) is 7.50. The molecule has 2 aromatic heterocycles. The Morgan fingerprint density at radius 2 is 1.77 bits per heavy atom. The van der Waals surface area contributed by atoms with E-state index in [0.29, 0.717) is 12.1 Å². The first-order valence-corrected chi connectivity index (χ1v) is 11.6. The molecule has 1 fully saturated rings. The van der Waals surface area contributed by atoms with Crippen LogP contribution in [0.5, 0.6) is 0 Å². The monoisotopic (exact) mass is 445 g/mol. The van der Waals surface area contributed by atoms with Crippen LogP contribution >= 0.6 is 22.7 Å². The van der Waals surface area contributed by atoms with Gasteiger partial charge in [-0.3, -0.25) is 9.59 Å². The van der Waals surface area contributed by atoms with Gasteiger partial charge in [0.15, 0.2) is 0 Å². The predicted molar refractivity (Wildman–Crippen MR) is 125 cm³/mol. The number of thiophene rings is 2. The highest BCUT2D eigenvalue weighted by atomic mass is 32.1. The number of hydrogen-bond donors (Lipinski definition) is 1. The van der Waals surface area contributed by atoms with E-state index < -0.39 is 17.7 Å². The van der Waals surface area contributed by atoms with Gasteiger partial charge in [-0.1, -0.05) is 48.5 Å². The topological polar surface area (TPSA) is 57.6 Å². The molecule has 1 aliphatic rings. The summed E-state index contributed by atoms with van der Waals surface area (Å²) in [7, 11) is 0. The molecule has 5 rings (SSSR count). The van der Waals surface area contributed by atoms with E-state index in [2.05, 4.69) is 0 Å². The van der Waals surface area contributed by atoms with Crippen LogP contribution in [0.1, 0.15) is 26.9 Å². The third kappa shape index (κ3) is 3.28. The summed E-state index contributed by atoms with van der Waals surface area (Å²) in [6.07, 6.45) is 0. The SMILES string of the molecule is Cc1ccsc1C1/C(=C(\O)c2cccc3ccccc23)C(=O)C(=O)N1Cc1cccs1. The quantitative estimate of drug-likeness (QED) is 0.242. The van der Waals surface area contributed by atoms with Crippen molar-refractivity contribution < 1.29 is 14.7 Å². The van der Waals surface area contributed by atoms with Gasteiger partial charge in [-0.2, -0.15) is 0 Å². The van der Waals surface area contributed by atoms with Crippen LogP contribution in [-0.2, 0) is 16.1 Å². The Labute approximate surface area is 187 Å². The zero-order valence-corrected chi connectivity index (χ0v) is 18.4. The molecule has 31 heavy (non-hydrogen) atoms. The van der Waals surface area contributed by atoms with Crippen molar-refractivity contribution in [2.45, 2.75) is 19.5 Å². The molecule has 4 nitrogen and oxygen atoms in total. The Morgan fingerprint density at radius 1 is 0.968 bits per heavy atom. The Balaban J connectivity index is 1.72. The van der Waals surface area contributed by atoms with Gasteiger partial charge in [-0.05, 0) is 46.2 Å². The molecule has 1 atom stereocenters. The van der Waals surface area contributed by atoms with Crippen molar-refractivity contribution in [1.82, 2.24) is 4.90 Å². The summed E-state index contributed by atoms with van der Waals surface area (Å²) in [6, 6.07) is 18.6. The molecule has 1 unspecified atom stereocenters. The first-order chi connectivity index (χ1) is 15.1. The van der Waals surface area contributed by atoms with E-state index in [-0.39, 0.29) is 11.3 Å². The number of amides is 1. The zero-order chi connectivity index (χ0) is 21.5. The molecule has 1 amide bonds. The van der Waals surface area contributed by atoms with E-state index in [1.165, 1.54) is 11.3 Å². The lowest BCUT2D eigenvalue weighted by Gasteiger charge is -2.24. The van der Waals surface area contributed by atoms with Gasteiger partial charge in [0.1, 0.15) is 11.8 Å². The largest absolute Gasteiger partial charge is 0.507 e. The van der Waals surface area contributed by atoms with Gasteiger partial charge in [0.2, 0.25) is 0 Å². The molecular formula is C25H19NO3S2. The maximum Gasteiger partial charge on any atom is 0.296 e. The van der Waals surface area contributed by atoms with E-state index in [9.17, 15) is 14.7 Å². The molecule has 0 saturated carbocycles. The van der Waals surface area contributed by atoms with Crippen molar-refractivity contribution in [3.05, 3.63) is 97.9 Å².